The Morgan fingerprint density at radius 1 is 0.609 bits per heavy atom. The van der Waals surface area contributed by atoms with E-state index in [2.05, 4.69) is 27.7 Å². The molecule has 0 fully saturated rings. The molecule has 0 saturated heterocycles. The van der Waals surface area contributed by atoms with Crippen molar-refractivity contribution in [3.8, 4) is 0 Å². The molecule has 0 unspecified atom stereocenters. The molecule has 0 N–H and O–H groups in total. The second-order valence-electron chi connectivity index (χ2n) is 7.47. The fraction of sp³-hybridized carbons (Fsp3) is 1.00. The molecule has 0 amide bonds. The van der Waals surface area contributed by atoms with Gasteiger partial charge in [0.15, 0.2) is 0 Å². The van der Waals surface area contributed by atoms with E-state index in [1.165, 1.54) is 70.6 Å². The molecule has 0 aliphatic carbocycles. The Bertz CT molecular complexity index is 198. The molecule has 0 aromatic heterocycles. The molecule has 0 heterocycles. The lowest BCUT2D eigenvalue weighted by Crippen LogP contribution is -2.19. The first-order chi connectivity index (χ1) is 11.2. The Labute approximate surface area is 146 Å². The van der Waals surface area contributed by atoms with Gasteiger partial charge >= 0.3 is 0 Å². The van der Waals surface area contributed by atoms with Crippen LogP contribution in [-0.4, -0.2) is 26.4 Å². The number of ether oxygens (including phenoxy) is 2. The van der Waals surface area contributed by atoms with E-state index < -0.39 is 0 Å². The highest BCUT2D eigenvalue weighted by atomic mass is 16.5. The molecular formula is C21H44O2. The summed E-state index contributed by atoms with van der Waals surface area (Å²) in [4.78, 5) is 0. The van der Waals surface area contributed by atoms with Crippen LogP contribution in [0, 0.1) is 11.8 Å². The highest BCUT2D eigenvalue weighted by Gasteiger charge is 2.11. The van der Waals surface area contributed by atoms with E-state index in [0.717, 1.165) is 32.3 Å². The van der Waals surface area contributed by atoms with Crippen molar-refractivity contribution >= 4 is 0 Å². The van der Waals surface area contributed by atoms with Crippen LogP contribution in [0.1, 0.15) is 98.3 Å². The summed E-state index contributed by atoms with van der Waals surface area (Å²) in [6.07, 6.45) is 14.3. The van der Waals surface area contributed by atoms with Gasteiger partial charge in [0, 0.05) is 19.1 Å². The van der Waals surface area contributed by atoms with E-state index in [1.54, 1.807) is 0 Å². The van der Waals surface area contributed by atoms with E-state index in [4.69, 9.17) is 9.47 Å². The number of hydrogen-bond acceptors (Lipinski definition) is 2. The topological polar surface area (TPSA) is 18.5 Å². The standard InChI is InChI=1S/C21H44O2/c1-5-7-9-11-13-15-22-18-21(17-20(3)4)19-23-16-14-12-10-8-6-2/h20-21H,5-19H2,1-4H3. The average Bonchev–Trinajstić information content (AvgIpc) is 2.52. The summed E-state index contributed by atoms with van der Waals surface area (Å²) in [6.45, 7) is 12.7. The zero-order valence-corrected chi connectivity index (χ0v) is 16.6. The molecule has 0 bridgehead atoms. The molecule has 0 aliphatic heterocycles. The SMILES string of the molecule is CCCCCCCOCC(COCCCCCCC)CC(C)C. The monoisotopic (exact) mass is 328 g/mol. The Morgan fingerprint density at radius 3 is 1.43 bits per heavy atom. The highest BCUT2D eigenvalue weighted by Crippen LogP contribution is 2.14. The first-order valence-corrected chi connectivity index (χ1v) is 10.4. The maximum atomic E-state index is 5.91. The third-order valence-corrected chi connectivity index (χ3v) is 4.30. The van der Waals surface area contributed by atoms with Crippen molar-refractivity contribution in [3.05, 3.63) is 0 Å². The second-order valence-corrected chi connectivity index (χ2v) is 7.47. The van der Waals surface area contributed by atoms with Crippen molar-refractivity contribution in [2.24, 2.45) is 11.8 Å². The highest BCUT2D eigenvalue weighted by molar-refractivity contribution is 4.60. The van der Waals surface area contributed by atoms with Crippen LogP contribution in [0.2, 0.25) is 0 Å². The van der Waals surface area contributed by atoms with Gasteiger partial charge in [-0.1, -0.05) is 79.1 Å². The molecular weight excluding hydrogens is 284 g/mol. The van der Waals surface area contributed by atoms with Crippen molar-refractivity contribution in [1.82, 2.24) is 0 Å². The summed E-state index contributed by atoms with van der Waals surface area (Å²) < 4.78 is 11.8. The maximum Gasteiger partial charge on any atom is 0.0516 e. The van der Waals surface area contributed by atoms with E-state index >= 15 is 0 Å². The molecule has 140 valence electrons. The first kappa shape index (κ1) is 22.9. The van der Waals surface area contributed by atoms with Crippen LogP contribution in [0.5, 0.6) is 0 Å². The van der Waals surface area contributed by atoms with Crippen LogP contribution in [0.15, 0.2) is 0 Å². The number of rotatable bonds is 18. The zero-order valence-electron chi connectivity index (χ0n) is 16.6. The maximum absolute atomic E-state index is 5.91. The molecule has 0 spiro atoms. The number of hydrogen-bond donors (Lipinski definition) is 0. The van der Waals surface area contributed by atoms with Crippen LogP contribution < -0.4 is 0 Å². The van der Waals surface area contributed by atoms with Crippen LogP contribution in [0.25, 0.3) is 0 Å². The van der Waals surface area contributed by atoms with Gasteiger partial charge in [-0.2, -0.15) is 0 Å². The van der Waals surface area contributed by atoms with Gasteiger partial charge in [0.25, 0.3) is 0 Å². The Balaban J connectivity index is 3.60. The quantitative estimate of drug-likeness (QED) is 0.263. The van der Waals surface area contributed by atoms with Gasteiger partial charge in [-0.05, 0) is 25.2 Å². The van der Waals surface area contributed by atoms with Crippen molar-refractivity contribution in [2.75, 3.05) is 26.4 Å². The van der Waals surface area contributed by atoms with Gasteiger partial charge in [0.1, 0.15) is 0 Å². The van der Waals surface area contributed by atoms with Gasteiger partial charge in [-0.25, -0.2) is 0 Å². The van der Waals surface area contributed by atoms with Gasteiger partial charge in [0.05, 0.1) is 13.2 Å². The Kier molecular flexibility index (Phi) is 18.2. The molecule has 23 heavy (non-hydrogen) atoms. The van der Waals surface area contributed by atoms with Crippen LogP contribution in [-0.2, 0) is 9.47 Å². The van der Waals surface area contributed by atoms with E-state index in [9.17, 15) is 0 Å². The molecule has 2 heteroatoms. The van der Waals surface area contributed by atoms with Crippen molar-refractivity contribution in [2.45, 2.75) is 98.3 Å². The molecule has 0 radical (unpaired) electrons. The summed E-state index contributed by atoms with van der Waals surface area (Å²) in [5, 5.41) is 0. The number of unbranched alkanes of at least 4 members (excludes halogenated alkanes) is 8. The lowest BCUT2D eigenvalue weighted by atomic mass is 9.98. The predicted molar refractivity (Wildman–Crippen MR) is 102 cm³/mol. The molecule has 0 aliphatic rings. The van der Waals surface area contributed by atoms with Crippen molar-refractivity contribution in [1.29, 1.82) is 0 Å². The Morgan fingerprint density at radius 2 is 1.04 bits per heavy atom. The van der Waals surface area contributed by atoms with Crippen LogP contribution in [0.4, 0.5) is 0 Å². The molecule has 0 aromatic rings. The summed E-state index contributed by atoms with van der Waals surface area (Å²) >= 11 is 0. The van der Waals surface area contributed by atoms with E-state index in [1.807, 2.05) is 0 Å². The summed E-state index contributed by atoms with van der Waals surface area (Å²) in [7, 11) is 0. The van der Waals surface area contributed by atoms with Gasteiger partial charge in [-0.15, -0.1) is 0 Å². The summed E-state index contributed by atoms with van der Waals surface area (Å²) in [5.41, 5.74) is 0. The predicted octanol–water partition coefficient (Wildman–Crippen LogP) is 6.62. The van der Waals surface area contributed by atoms with Crippen LogP contribution >= 0.6 is 0 Å². The fourth-order valence-electron chi connectivity index (χ4n) is 2.97. The van der Waals surface area contributed by atoms with Crippen LogP contribution in [0.3, 0.4) is 0 Å². The smallest absolute Gasteiger partial charge is 0.0516 e. The lowest BCUT2D eigenvalue weighted by Gasteiger charge is -2.19. The largest absolute Gasteiger partial charge is 0.381 e. The average molecular weight is 329 g/mol. The minimum absolute atomic E-state index is 0.571. The second kappa shape index (κ2) is 18.3. The minimum Gasteiger partial charge on any atom is -0.381 e. The molecule has 0 saturated carbocycles. The summed E-state index contributed by atoms with van der Waals surface area (Å²) in [5.74, 6) is 1.29. The molecule has 2 nitrogen and oxygen atoms in total. The van der Waals surface area contributed by atoms with Gasteiger partial charge < -0.3 is 9.47 Å². The normalized spacial score (nSPS) is 11.7. The van der Waals surface area contributed by atoms with Gasteiger partial charge in [-0.3, -0.25) is 0 Å². The third-order valence-electron chi connectivity index (χ3n) is 4.30. The molecule has 0 rings (SSSR count). The van der Waals surface area contributed by atoms with E-state index in [-0.39, 0.29) is 0 Å². The van der Waals surface area contributed by atoms with Gasteiger partial charge in [0.2, 0.25) is 0 Å². The lowest BCUT2D eigenvalue weighted by molar-refractivity contribution is 0.0292. The first-order valence-electron chi connectivity index (χ1n) is 10.4. The third kappa shape index (κ3) is 18.1. The molecule has 0 atom stereocenters. The fourth-order valence-corrected chi connectivity index (χ4v) is 2.97. The minimum atomic E-state index is 0.571. The van der Waals surface area contributed by atoms with Crippen molar-refractivity contribution in [3.63, 3.8) is 0 Å². The summed E-state index contributed by atoms with van der Waals surface area (Å²) in [6, 6.07) is 0. The Hall–Kier alpha value is -0.0800. The molecule has 0 aromatic carbocycles. The van der Waals surface area contributed by atoms with Crippen molar-refractivity contribution < 1.29 is 9.47 Å². The zero-order chi connectivity index (χ0) is 17.2. The van der Waals surface area contributed by atoms with E-state index in [0.29, 0.717) is 5.92 Å².